The molecule has 134 valence electrons. The molecule has 2 saturated carbocycles. The summed E-state index contributed by atoms with van der Waals surface area (Å²) in [5, 5.41) is 3.56. The highest BCUT2D eigenvalue weighted by Crippen LogP contribution is 2.60. The zero-order valence-electron chi connectivity index (χ0n) is 16.2. The van der Waals surface area contributed by atoms with Crippen molar-refractivity contribution in [2.24, 2.45) is 17.3 Å². The number of hydrogen-bond donors (Lipinski definition) is 1. The Morgan fingerprint density at radius 2 is 1.92 bits per heavy atom. The number of likely N-dealkylation sites (tertiary alicyclic amines) is 1. The van der Waals surface area contributed by atoms with Gasteiger partial charge in [-0.2, -0.15) is 0 Å². The van der Waals surface area contributed by atoms with Crippen LogP contribution in [0.2, 0.25) is 0 Å². The van der Waals surface area contributed by atoms with Crippen molar-refractivity contribution < 1.29 is 0 Å². The fourth-order valence-electron chi connectivity index (χ4n) is 5.54. The summed E-state index contributed by atoms with van der Waals surface area (Å²) in [6.45, 7) is 8.51. The Balaban J connectivity index is 0.000000141. The van der Waals surface area contributed by atoms with E-state index in [1.54, 1.807) is 0 Å². The van der Waals surface area contributed by atoms with E-state index in [-0.39, 0.29) is 0 Å². The molecule has 0 radical (unpaired) electrons. The first-order chi connectivity index (χ1) is 11.4. The summed E-state index contributed by atoms with van der Waals surface area (Å²) in [5.74, 6) is 1.91. The van der Waals surface area contributed by atoms with Crippen molar-refractivity contribution in [3.8, 4) is 0 Å². The quantitative estimate of drug-likeness (QED) is 0.878. The summed E-state index contributed by atoms with van der Waals surface area (Å²) in [6.07, 6.45) is 10.8. The number of pyridine rings is 1. The van der Waals surface area contributed by atoms with E-state index in [4.69, 9.17) is 0 Å². The molecule has 1 aliphatic heterocycles. The molecule has 3 nitrogen and oxygen atoms in total. The summed E-state index contributed by atoms with van der Waals surface area (Å²) >= 11 is 0. The molecule has 1 N–H and O–H groups in total. The third-order valence-corrected chi connectivity index (χ3v) is 7.72. The maximum atomic E-state index is 4.14. The minimum absolute atomic E-state index is 0.399. The van der Waals surface area contributed by atoms with Crippen LogP contribution in [0.15, 0.2) is 24.5 Å². The Morgan fingerprint density at radius 1 is 1.17 bits per heavy atom. The number of nitrogens with zero attached hydrogens (tertiary/aromatic N) is 2. The highest BCUT2D eigenvalue weighted by molar-refractivity contribution is 5.15. The predicted molar refractivity (Wildman–Crippen MR) is 101 cm³/mol. The molecule has 24 heavy (non-hydrogen) atoms. The van der Waals surface area contributed by atoms with E-state index in [2.05, 4.69) is 56.1 Å². The molecule has 1 aromatic heterocycles. The molecule has 0 aromatic carbocycles. The molecule has 4 rings (SSSR count). The lowest BCUT2D eigenvalue weighted by atomic mass is 9.64. The van der Waals surface area contributed by atoms with E-state index >= 15 is 0 Å². The number of fused-ring (bicyclic) bond motifs is 2. The monoisotopic (exact) mass is 329 g/mol. The van der Waals surface area contributed by atoms with E-state index in [1.807, 2.05) is 18.5 Å². The molecule has 0 spiro atoms. The Labute approximate surface area is 148 Å². The zero-order chi connectivity index (χ0) is 17.4. The average Bonchev–Trinajstić information content (AvgIpc) is 3.27. The molecule has 4 unspecified atom stereocenters. The van der Waals surface area contributed by atoms with Gasteiger partial charge in [0.25, 0.3) is 0 Å². The Kier molecular flexibility index (Phi) is 5.04. The second kappa shape index (κ2) is 6.76. The molecule has 1 aromatic rings. The van der Waals surface area contributed by atoms with Crippen molar-refractivity contribution in [1.29, 1.82) is 0 Å². The third-order valence-electron chi connectivity index (χ3n) is 7.72. The molecule has 3 fully saturated rings. The van der Waals surface area contributed by atoms with Gasteiger partial charge in [0, 0.05) is 24.0 Å². The van der Waals surface area contributed by atoms with Crippen LogP contribution in [0.5, 0.6) is 0 Å². The van der Waals surface area contributed by atoms with Crippen molar-refractivity contribution in [2.75, 3.05) is 20.6 Å². The molecular formula is C21H35N3. The van der Waals surface area contributed by atoms with Crippen molar-refractivity contribution in [2.45, 2.75) is 64.5 Å². The van der Waals surface area contributed by atoms with Crippen LogP contribution < -0.4 is 5.32 Å². The van der Waals surface area contributed by atoms with Crippen LogP contribution in [-0.4, -0.2) is 36.1 Å². The van der Waals surface area contributed by atoms with Gasteiger partial charge in [-0.05, 0) is 88.5 Å². The highest BCUT2D eigenvalue weighted by Gasteiger charge is 2.59. The molecule has 2 heterocycles. The van der Waals surface area contributed by atoms with Crippen molar-refractivity contribution >= 4 is 0 Å². The number of nitrogens with one attached hydrogen (secondary N) is 1. The topological polar surface area (TPSA) is 28.2 Å². The zero-order valence-corrected chi connectivity index (χ0v) is 16.2. The van der Waals surface area contributed by atoms with Gasteiger partial charge in [0.05, 0.1) is 0 Å². The van der Waals surface area contributed by atoms with Crippen molar-refractivity contribution in [3.05, 3.63) is 30.1 Å². The molecule has 4 atom stereocenters. The average molecular weight is 330 g/mol. The summed E-state index contributed by atoms with van der Waals surface area (Å²) in [6, 6.07) is 4.79. The smallest absolute Gasteiger partial charge is 0.0360 e. The second-order valence-corrected chi connectivity index (χ2v) is 8.81. The lowest BCUT2D eigenvalue weighted by molar-refractivity contribution is 0.0732. The van der Waals surface area contributed by atoms with Crippen molar-refractivity contribution in [3.63, 3.8) is 0 Å². The molecule has 2 aliphatic carbocycles. The lowest BCUT2D eigenvalue weighted by Gasteiger charge is -2.47. The Bertz CT molecular complexity index is 541. The summed E-state index contributed by atoms with van der Waals surface area (Å²) in [7, 11) is 4.31. The molecule has 3 aliphatic rings. The third kappa shape index (κ3) is 2.90. The van der Waals surface area contributed by atoms with Crippen LogP contribution in [-0.2, 0) is 0 Å². The first-order valence-corrected chi connectivity index (χ1v) is 9.69. The van der Waals surface area contributed by atoms with Gasteiger partial charge in [-0.1, -0.05) is 19.9 Å². The van der Waals surface area contributed by atoms with Gasteiger partial charge in [-0.25, -0.2) is 0 Å². The molecule has 1 saturated heterocycles. The first-order valence-electron chi connectivity index (χ1n) is 9.69. The fourth-order valence-corrected chi connectivity index (χ4v) is 5.54. The van der Waals surface area contributed by atoms with E-state index in [0.717, 1.165) is 11.8 Å². The number of rotatable bonds is 2. The lowest BCUT2D eigenvalue weighted by Crippen LogP contribution is -2.55. The summed E-state index contributed by atoms with van der Waals surface area (Å²) < 4.78 is 0. The largest absolute Gasteiger partial charge is 0.314 e. The number of aromatic nitrogens is 1. The first kappa shape index (κ1) is 17.9. The SMILES string of the molecule is CN1CCCC1c1cccnc1.CNC1(C)C2CCC(C2)C1(C)C. The van der Waals surface area contributed by atoms with Gasteiger partial charge in [-0.15, -0.1) is 0 Å². The van der Waals surface area contributed by atoms with Crippen LogP contribution in [0.4, 0.5) is 0 Å². The molecular weight excluding hydrogens is 294 g/mol. The van der Waals surface area contributed by atoms with Gasteiger partial charge >= 0.3 is 0 Å². The van der Waals surface area contributed by atoms with E-state index in [9.17, 15) is 0 Å². The van der Waals surface area contributed by atoms with Gasteiger partial charge in [0.1, 0.15) is 0 Å². The summed E-state index contributed by atoms with van der Waals surface area (Å²) in [4.78, 5) is 6.54. The number of hydrogen-bond acceptors (Lipinski definition) is 3. The maximum Gasteiger partial charge on any atom is 0.0360 e. The van der Waals surface area contributed by atoms with Crippen LogP contribution in [0, 0.1) is 17.3 Å². The van der Waals surface area contributed by atoms with Crippen LogP contribution in [0.25, 0.3) is 0 Å². The van der Waals surface area contributed by atoms with E-state index in [0.29, 0.717) is 17.0 Å². The van der Waals surface area contributed by atoms with Gasteiger partial charge in [-0.3, -0.25) is 9.88 Å². The van der Waals surface area contributed by atoms with Gasteiger partial charge < -0.3 is 5.32 Å². The normalized spacial score (nSPS) is 37.3. The molecule has 2 bridgehead atoms. The second-order valence-electron chi connectivity index (χ2n) is 8.81. The summed E-state index contributed by atoms with van der Waals surface area (Å²) in [5.41, 5.74) is 2.26. The Hall–Kier alpha value is -0.930. The Morgan fingerprint density at radius 3 is 2.38 bits per heavy atom. The maximum absolute atomic E-state index is 4.14. The van der Waals surface area contributed by atoms with Crippen LogP contribution in [0.3, 0.4) is 0 Å². The molecule has 3 heteroatoms. The van der Waals surface area contributed by atoms with Crippen LogP contribution >= 0.6 is 0 Å². The minimum Gasteiger partial charge on any atom is -0.314 e. The van der Waals surface area contributed by atoms with Crippen molar-refractivity contribution in [1.82, 2.24) is 15.2 Å². The predicted octanol–water partition coefficient (Wildman–Crippen LogP) is 4.27. The van der Waals surface area contributed by atoms with Crippen LogP contribution in [0.1, 0.15) is 64.5 Å². The standard InChI is InChI=1S/C11H21N.C10H14N2/c1-10(2)8-5-6-9(7-8)11(10,3)12-4;1-12-7-3-5-10(12)9-4-2-6-11-8-9/h8-9,12H,5-7H2,1-4H3;2,4,6,8,10H,3,5,7H2,1H3. The minimum atomic E-state index is 0.399. The van der Waals surface area contributed by atoms with Gasteiger partial charge in [0.15, 0.2) is 0 Å². The molecule has 0 amide bonds. The van der Waals surface area contributed by atoms with E-state index < -0.39 is 0 Å². The van der Waals surface area contributed by atoms with E-state index in [1.165, 1.54) is 44.2 Å². The van der Waals surface area contributed by atoms with Gasteiger partial charge in [0.2, 0.25) is 0 Å². The highest BCUT2D eigenvalue weighted by atomic mass is 15.1. The fraction of sp³-hybridized carbons (Fsp3) is 0.762.